The zero-order valence-corrected chi connectivity index (χ0v) is 9.71. The summed E-state index contributed by atoms with van der Waals surface area (Å²) in [5.74, 6) is 0.832. The van der Waals surface area contributed by atoms with Crippen molar-refractivity contribution in [3.05, 3.63) is 0 Å². The number of nitrogens with one attached hydrogen (secondary N) is 1. The number of rotatable bonds is 2. The first-order valence-corrected chi connectivity index (χ1v) is 6.48. The Morgan fingerprint density at radius 3 is 2.69 bits per heavy atom. The second-order valence-corrected chi connectivity index (χ2v) is 5.45. The average Bonchev–Trinajstić information content (AvgIpc) is 2.58. The standard InChI is InChI=1S/C12H20N2O2/c15-11-8-12(4-1-5-12)16-14(11)9-10-2-6-13-7-3-10/h10,13H,1-9H2. The molecule has 2 heterocycles. The van der Waals surface area contributed by atoms with E-state index in [1.807, 2.05) is 0 Å². The van der Waals surface area contributed by atoms with E-state index in [2.05, 4.69) is 5.32 Å². The van der Waals surface area contributed by atoms with Crippen molar-refractivity contribution < 1.29 is 9.63 Å². The van der Waals surface area contributed by atoms with Crippen LogP contribution < -0.4 is 5.32 Å². The predicted octanol–water partition coefficient (Wildman–Crippen LogP) is 1.07. The SMILES string of the molecule is O=C1CC2(CCC2)ON1CC1CCNCC1. The van der Waals surface area contributed by atoms with Crippen molar-refractivity contribution in [3.63, 3.8) is 0 Å². The topological polar surface area (TPSA) is 41.6 Å². The molecule has 0 aromatic heterocycles. The van der Waals surface area contributed by atoms with Gasteiger partial charge in [-0.15, -0.1) is 0 Å². The van der Waals surface area contributed by atoms with E-state index in [0.29, 0.717) is 12.3 Å². The number of hydrogen-bond acceptors (Lipinski definition) is 3. The number of amides is 1. The van der Waals surface area contributed by atoms with E-state index >= 15 is 0 Å². The summed E-state index contributed by atoms with van der Waals surface area (Å²) in [5.41, 5.74) is -0.0794. The van der Waals surface area contributed by atoms with Crippen LogP contribution >= 0.6 is 0 Å². The molecule has 1 amide bonds. The number of piperidine rings is 1. The molecule has 90 valence electrons. The maximum atomic E-state index is 11.8. The van der Waals surface area contributed by atoms with Gasteiger partial charge in [0.2, 0.25) is 5.91 Å². The summed E-state index contributed by atoms with van der Waals surface area (Å²) in [6, 6.07) is 0. The highest BCUT2D eigenvalue weighted by atomic mass is 16.7. The van der Waals surface area contributed by atoms with Gasteiger partial charge in [-0.3, -0.25) is 9.63 Å². The molecule has 1 saturated carbocycles. The fourth-order valence-corrected chi connectivity index (χ4v) is 2.96. The Kier molecular flexibility index (Phi) is 2.64. The number of nitrogens with zero attached hydrogens (tertiary/aromatic N) is 1. The molecule has 0 aromatic carbocycles. The van der Waals surface area contributed by atoms with E-state index < -0.39 is 0 Å². The number of carbonyl (C=O) groups excluding carboxylic acids is 1. The molecule has 2 aliphatic heterocycles. The van der Waals surface area contributed by atoms with Crippen LogP contribution in [0.1, 0.15) is 38.5 Å². The van der Waals surface area contributed by atoms with Crippen molar-refractivity contribution in [1.29, 1.82) is 0 Å². The molecule has 0 aromatic rings. The average molecular weight is 224 g/mol. The van der Waals surface area contributed by atoms with E-state index in [1.165, 1.54) is 19.3 Å². The molecular formula is C12H20N2O2. The Balaban J connectivity index is 1.56. The van der Waals surface area contributed by atoms with Crippen LogP contribution in [-0.4, -0.2) is 36.2 Å². The van der Waals surface area contributed by atoms with E-state index in [-0.39, 0.29) is 11.5 Å². The Hall–Kier alpha value is -0.610. The Morgan fingerprint density at radius 2 is 2.12 bits per heavy atom. The van der Waals surface area contributed by atoms with Crippen LogP contribution in [0.5, 0.6) is 0 Å². The van der Waals surface area contributed by atoms with Crippen LogP contribution in [0.15, 0.2) is 0 Å². The lowest BCUT2D eigenvalue weighted by Crippen LogP contribution is -2.40. The summed E-state index contributed by atoms with van der Waals surface area (Å²) in [7, 11) is 0. The molecule has 1 N–H and O–H groups in total. The summed E-state index contributed by atoms with van der Waals surface area (Å²) >= 11 is 0. The molecule has 2 saturated heterocycles. The summed E-state index contributed by atoms with van der Waals surface area (Å²) < 4.78 is 0. The van der Waals surface area contributed by atoms with Gasteiger partial charge in [0.05, 0.1) is 13.0 Å². The van der Waals surface area contributed by atoms with Gasteiger partial charge < -0.3 is 5.32 Å². The van der Waals surface area contributed by atoms with Gasteiger partial charge in [-0.1, -0.05) is 0 Å². The van der Waals surface area contributed by atoms with Crippen molar-refractivity contribution in [2.24, 2.45) is 5.92 Å². The lowest BCUT2D eigenvalue weighted by molar-refractivity contribution is -0.224. The van der Waals surface area contributed by atoms with Crippen molar-refractivity contribution in [2.45, 2.75) is 44.1 Å². The summed E-state index contributed by atoms with van der Waals surface area (Å²) in [6.45, 7) is 2.97. The molecule has 3 rings (SSSR count). The largest absolute Gasteiger partial charge is 0.317 e. The van der Waals surface area contributed by atoms with Crippen LogP contribution in [0.2, 0.25) is 0 Å². The second kappa shape index (κ2) is 4.00. The van der Waals surface area contributed by atoms with Crippen molar-refractivity contribution >= 4 is 5.91 Å². The van der Waals surface area contributed by atoms with Crippen molar-refractivity contribution in [2.75, 3.05) is 19.6 Å². The highest BCUT2D eigenvalue weighted by molar-refractivity contribution is 5.78. The van der Waals surface area contributed by atoms with Crippen LogP contribution in [0.3, 0.4) is 0 Å². The van der Waals surface area contributed by atoms with E-state index in [1.54, 1.807) is 5.06 Å². The Bertz CT molecular complexity index is 283. The first kappa shape index (κ1) is 10.5. The minimum absolute atomic E-state index is 0.0794. The third-order valence-electron chi connectivity index (χ3n) is 4.20. The molecule has 4 heteroatoms. The van der Waals surface area contributed by atoms with Crippen LogP contribution in [0.25, 0.3) is 0 Å². The molecular weight excluding hydrogens is 204 g/mol. The second-order valence-electron chi connectivity index (χ2n) is 5.45. The molecule has 0 unspecified atom stereocenters. The molecule has 1 spiro atoms. The lowest BCUT2D eigenvalue weighted by atomic mass is 9.78. The van der Waals surface area contributed by atoms with Gasteiger partial charge in [0.1, 0.15) is 5.60 Å². The van der Waals surface area contributed by atoms with Crippen LogP contribution in [0, 0.1) is 5.92 Å². The van der Waals surface area contributed by atoms with E-state index in [9.17, 15) is 4.79 Å². The maximum absolute atomic E-state index is 11.8. The third-order valence-corrected chi connectivity index (χ3v) is 4.20. The summed E-state index contributed by atoms with van der Waals surface area (Å²) in [6.07, 6.45) is 6.32. The number of hydroxylamine groups is 2. The highest BCUT2D eigenvalue weighted by Gasteiger charge is 2.49. The minimum Gasteiger partial charge on any atom is -0.317 e. The van der Waals surface area contributed by atoms with Crippen LogP contribution in [0.4, 0.5) is 0 Å². The quantitative estimate of drug-likeness (QED) is 0.763. The normalized spacial score (nSPS) is 29.8. The zero-order chi connectivity index (χ0) is 11.0. The maximum Gasteiger partial charge on any atom is 0.249 e. The van der Waals surface area contributed by atoms with Crippen LogP contribution in [-0.2, 0) is 9.63 Å². The molecule has 16 heavy (non-hydrogen) atoms. The Labute approximate surface area is 96.3 Å². The molecule has 0 atom stereocenters. The van der Waals surface area contributed by atoms with Gasteiger partial charge in [0.15, 0.2) is 0 Å². The molecule has 4 nitrogen and oxygen atoms in total. The van der Waals surface area contributed by atoms with Crippen molar-refractivity contribution in [3.8, 4) is 0 Å². The molecule has 0 bridgehead atoms. The fraction of sp³-hybridized carbons (Fsp3) is 0.917. The summed E-state index contributed by atoms with van der Waals surface area (Å²) in [4.78, 5) is 17.7. The fourth-order valence-electron chi connectivity index (χ4n) is 2.96. The minimum atomic E-state index is -0.0794. The third kappa shape index (κ3) is 1.84. The van der Waals surface area contributed by atoms with Gasteiger partial charge >= 0.3 is 0 Å². The van der Waals surface area contributed by atoms with Gasteiger partial charge in [0, 0.05) is 0 Å². The summed E-state index contributed by atoms with van der Waals surface area (Å²) in [5, 5.41) is 5.01. The zero-order valence-electron chi connectivity index (χ0n) is 9.71. The molecule has 0 radical (unpaired) electrons. The number of hydrogen-bond donors (Lipinski definition) is 1. The van der Waals surface area contributed by atoms with Crippen molar-refractivity contribution in [1.82, 2.24) is 10.4 Å². The predicted molar refractivity (Wildman–Crippen MR) is 59.6 cm³/mol. The van der Waals surface area contributed by atoms with E-state index in [0.717, 1.165) is 32.5 Å². The van der Waals surface area contributed by atoms with E-state index in [4.69, 9.17) is 4.84 Å². The van der Waals surface area contributed by atoms with Gasteiger partial charge in [-0.05, 0) is 51.1 Å². The van der Waals surface area contributed by atoms with Gasteiger partial charge in [-0.2, -0.15) is 0 Å². The lowest BCUT2D eigenvalue weighted by Gasteiger charge is -2.36. The molecule has 3 aliphatic rings. The molecule has 1 aliphatic carbocycles. The first-order valence-electron chi connectivity index (χ1n) is 6.48. The number of carbonyl (C=O) groups is 1. The highest BCUT2D eigenvalue weighted by Crippen LogP contribution is 2.43. The Morgan fingerprint density at radius 1 is 1.38 bits per heavy atom. The van der Waals surface area contributed by atoms with Gasteiger partial charge in [-0.25, -0.2) is 5.06 Å². The van der Waals surface area contributed by atoms with Gasteiger partial charge in [0.25, 0.3) is 0 Å². The monoisotopic (exact) mass is 224 g/mol. The smallest absolute Gasteiger partial charge is 0.249 e. The molecule has 3 fully saturated rings. The first-order chi connectivity index (χ1) is 7.77.